The third kappa shape index (κ3) is 5.83. The minimum absolute atomic E-state index is 0.0826. The predicted molar refractivity (Wildman–Crippen MR) is 64.4 cm³/mol. The largest absolute Gasteiger partial charge is 0.393 e. The van der Waals surface area contributed by atoms with Crippen molar-refractivity contribution in [1.29, 1.82) is 0 Å². The lowest BCUT2D eigenvalue weighted by Crippen LogP contribution is -2.16. The maximum absolute atomic E-state index is 9.61. The zero-order valence-electron chi connectivity index (χ0n) is 10.7. The van der Waals surface area contributed by atoms with Crippen molar-refractivity contribution in [3.8, 4) is 0 Å². The summed E-state index contributed by atoms with van der Waals surface area (Å²) < 4.78 is 10.9. The van der Waals surface area contributed by atoms with Crippen LogP contribution < -0.4 is 0 Å². The van der Waals surface area contributed by atoms with Gasteiger partial charge in [0.15, 0.2) is 0 Å². The first-order valence-electron chi connectivity index (χ1n) is 6.53. The summed E-state index contributed by atoms with van der Waals surface area (Å²) in [6.45, 7) is 7.21. The summed E-state index contributed by atoms with van der Waals surface area (Å²) in [4.78, 5) is 0. The molecule has 0 amide bonds. The molecule has 0 saturated heterocycles. The van der Waals surface area contributed by atoms with Crippen LogP contribution in [-0.4, -0.2) is 37.6 Å². The summed E-state index contributed by atoms with van der Waals surface area (Å²) in [6.07, 6.45) is 4.21. The summed E-state index contributed by atoms with van der Waals surface area (Å²) in [5.74, 6) is 1.06. The molecule has 0 aromatic heterocycles. The van der Waals surface area contributed by atoms with Crippen LogP contribution >= 0.6 is 0 Å². The molecule has 0 bridgehead atoms. The van der Waals surface area contributed by atoms with E-state index in [2.05, 4.69) is 13.8 Å². The van der Waals surface area contributed by atoms with Crippen molar-refractivity contribution in [2.45, 2.75) is 45.6 Å². The minimum Gasteiger partial charge on any atom is -0.393 e. The second-order valence-corrected chi connectivity index (χ2v) is 5.13. The fraction of sp³-hybridized carbons (Fsp3) is 1.00. The van der Waals surface area contributed by atoms with Crippen molar-refractivity contribution in [2.75, 3.05) is 26.4 Å². The fourth-order valence-corrected chi connectivity index (χ4v) is 2.13. The number of aliphatic hydroxyl groups excluding tert-OH is 1. The molecule has 1 aliphatic rings. The highest BCUT2D eigenvalue weighted by molar-refractivity contribution is 4.76. The first kappa shape index (κ1) is 13.9. The molecule has 16 heavy (non-hydrogen) atoms. The molecule has 1 N–H and O–H groups in total. The van der Waals surface area contributed by atoms with E-state index in [-0.39, 0.29) is 6.10 Å². The second-order valence-electron chi connectivity index (χ2n) is 5.13. The van der Waals surface area contributed by atoms with Gasteiger partial charge in [-0.3, -0.25) is 0 Å². The minimum atomic E-state index is -0.0826. The van der Waals surface area contributed by atoms with Gasteiger partial charge in [-0.15, -0.1) is 0 Å². The molecule has 2 unspecified atom stereocenters. The van der Waals surface area contributed by atoms with E-state index >= 15 is 0 Å². The Kier molecular flexibility index (Phi) is 7.01. The summed E-state index contributed by atoms with van der Waals surface area (Å²) in [5.41, 5.74) is 0. The lowest BCUT2D eigenvalue weighted by molar-refractivity contribution is 0.0270. The van der Waals surface area contributed by atoms with E-state index < -0.39 is 0 Å². The number of hydrogen-bond donors (Lipinski definition) is 1. The Balaban J connectivity index is 1.84. The van der Waals surface area contributed by atoms with E-state index in [4.69, 9.17) is 9.47 Å². The van der Waals surface area contributed by atoms with Crippen molar-refractivity contribution < 1.29 is 14.6 Å². The molecule has 96 valence electrons. The summed E-state index contributed by atoms with van der Waals surface area (Å²) in [6, 6.07) is 0. The number of hydrogen-bond acceptors (Lipinski definition) is 3. The van der Waals surface area contributed by atoms with Crippen LogP contribution in [0.25, 0.3) is 0 Å². The molecule has 0 radical (unpaired) electrons. The molecule has 1 fully saturated rings. The zero-order chi connectivity index (χ0) is 11.8. The molecule has 1 aliphatic carbocycles. The number of ether oxygens (including phenoxy) is 2. The van der Waals surface area contributed by atoms with Crippen LogP contribution in [0.4, 0.5) is 0 Å². The number of aliphatic hydroxyl groups is 1. The Bertz CT molecular complexity index is 171. The lowest BCUT2D eigenvalue weighted by Gasteiger charge is -2.14. The Morgan fingerprint density at radius 2 is 1.88 bits per heavy atom. The fourth-order valence-electron chi connectivity index (χ4n) is 2.13. The topological polar surface area (TPSA) is 38.7 Å². The molecule has 2 atom stereocenters. The van der Waals surface area contributed by atoms with E-state index in [9.17, 15) is 5.11 Å². The van der Waals surface area contributed by atoms with Gasteiger partial charge in [0.05, 0.1) is 19.3 Å². The summed E-state index contributed by atoms with van der Waals surface area (Å²) in [7, 11) is 0. The van der Waals surface area contributed by atoms with E-state index in [1.807, 2.05) is 0 Å². The first-order valence-corrected chi connectivity index (χ1v) is 6.53. The predicted octanol–water partition coefficient (Wildman–Crippen LogP) is 2.23. The molecule has 3 nitrogen and oxygen atoms in total. The van der Waals surface area contributed by atoms with E-state index in [1.165, 1.54) is 6.42 Å². The lowest BCUT2D eigenvalue weighted by atomic mass is 10.0. The van der Waals surface area contributed by atoms with Gasteiger partial charge in [-0.25, -0.2) is 0 Å². The smallest absolute Gasteiger partial charge is 0.0700 e. The number of rotatable bonds is 8. The van der Waals surface area contributed by atoms with Crippen LogP contribution in [0.2, 0.25) is 0 Å². The Labute approximate surface area is 99.1 Å². The zero-order valence-corrected chi connectivity index (χ0v) is 10.7. The van der Waals surface area contributed by atoms with Crippen LogP contribution in [-0.2, 0) is 9.47 Å². The van der Waals surface area contributed by atoms with E-state index in [1.54, 1.807) is 0 Å². The highest BCUT2D eigenvalue weighted by Gasteiger charge is 2.24. The van der Waals surface area contributed by atoms with Gasteiger partial charge in [0.1, 0.15) is 0 Å². The van der Waals surface area contributed by atoms with E-state index in [0.717, 1.165) is 32.5 Å². The van der Waals surface area contributed by atoms with Crippen LogP contribution in [0.1, 0.15) is 39.5 Å². The van der Waals surface area contributed by atoms with Crippen molar-refractivity contribution >= 4 is 0 Å². The molecule has 0 spiro atoms. The van der Waals surface area contributed by atoms with Gasteiger partial charge in [-0.2, -0.15) is 0 Å². The summed E-state index contributed by atoms with van der Waals surface area (Å²) in [5, 5.41) is 9.61. The summed E-state index contributed by atoms with van der Waals surface area (Å²) >= 11 is 0. The van der Waals surface area contributed by atoms with Crippen molar-refractivity contribution in [1.82, 2.24) is 0 Å². The average molecular weight is 230 g/mol. The van der Waals surface area contributed by atoms with Gasteiger partial charge in [0, 0.05) is 13.2 Å². The Hall–Kier alpha value is -0.120. The molecule has 1 rings (SSSR count). The molecular formula is C13H26O3. The first-order chi connectivity index (χ1) is 7.70. The van der Waals surface area contributed by atoms with E-state index in [0.29, 0.717) is 25.0 Å². The third-order valence-electron chi connectivity index (χ3n) is 3.08. The van der Waals surface area contributed by atoms with Gasteiger partial charge in [-0.05, 0) is 31.1 Å². The molecule has 0 heterocycles. The van der Waals surface area contributed by atoms with Gasteiger partial charge >= 0.3 is 0 Å². The maximum atomic E-state index is 9.61. The second kappa shape index (κ2) is 8.04. The van der Waals surface area contributed by atoms with Gasteiger partial charge < -0.3 is 14.6 Å². The van der Waals surface area contributed by atoms with Gasteiger partial charge in [0.25, 0.3) is 0 Å². The van der Waals surface area contributed by atoms with Crippen molar-refractivity contribution in [3.63, 3.8) is 0 Å². The maximum Gasteiger partial charge on any atom is 0.0700 e. The van der Waals surface area contributed by atoms with Crippen molar-refractivity contribution in [3.05, 3.63) is 0 Å². The molecule has 0 aromatic carbocycles. The Morgan fingerprint density at radius 1 is 1.12 bits per heavy atom. The SMILES string of the molecule is CC(C)COCCOCCC1CCCC1O. The highest BCUT2D eigenvalue weighted by Crippen LogP contribution is 2.27. The molecule has 1 saturated carbocycles. The molecular weight excluding hydrogens is 204 g/mol. The highest BCUT2D eigenvalue weighted by atomic mass is 16.5. The normalized spacial score (nSPS) is 25.5. The van der Waals surface area contributed by atoms with Crippen LogP contribution in [0.3, 0.4) is 0 Å². The molecule has 0 aliphatic heterocycles. The van der Waals surface area contributed by atoms with Crippen molar-refractivity contribution in [2.24, 2.45) is 11.8 Å². The standard InChI is InChI=1S/C13H26O3/c1-11(2)10-16-9-8-15-7-6-12-4-3-5-13(12)14/h11-14H,3-10H2,1-2H3. The molecule has 0 aromatic rings. The molecule has 3 heteroatoms. The third-order valence-corrected chi connectivity index (χ3v) is 3.08. The van der Waals surface area contributed by atoms with Crippen LogP contribution in [0.5, 0.6) is 0 Å². The monoisotopic (exact) mass is 230 g/mol. The van der Waals surface area contributed by atoms with Crippen LogP contribution in [0, 0.1) is 11.8 Å². The van der Waals surface area contributed by atoms with Crippen LogP contribution in [0.15, 0.2) is 0 Å². The Morgan fingerprint density at radius 3 is 2.50 bits per heavy atom. The van der Waals surface area contributed by atoms with Gasteiger partial charge in [-0.1, -0.05) is 20.3 Å². The quantitative estimate of drug-likeness (QED) is 0.650. The average Bonchev–Trinajstić information content (AvgIpc) is 2.62. The van der Waals surface area contributed by atoms with Gasteiger partial charge in [0.2, 0.25) is 0 Å².